The van der Waals surface area contributed by atoms with Gasteiger partial charge in [-0.15, -0.1) is 0 Å². The maximum atomic E-state index is 12.1. The summed E-state index contributed by atoms with van der Waals surface area (Å²) in [6, 6.07) is 0. The molecule has 4 heteroatoms. The van der Waals surface area contributed by atoms with Crippen LogP contribution < -0.4 is 0 Å². The Morgan fingerprint density at radius 2 is 1.93 bits per heavy atom. The summed E-state index contributed by atoms with van der Waals surface area (Å²) >= 11 is 0. The van der Waals surface area contributed by atoms with Crippen LogP contribution in [0.2, 0.25) is 0 Å². The van der Waals surface area contributed by atoms with E-state index in [1.807, 2.05) is 6.08 Å². The average molecular weight is 373 g/mol. The Balaban J connectivity index is 1.48. The standard InChI is InChI=1S/C23H32O4/c1-21-7-3-13(24)11-18(21)14-12-15(14)20-16(21)4-8-22(2)17(20)5-9-23(22,27)10-6-19(25)26/h11,14-17,20,27H,3-10,12H2,1-2H3,(H,25,26)/t14-,15+,16+,17+,20-,21-,22+,23-/m1/s1. The molecule has 4 fully saturated rings. The zero-order chi connectivity index (χ0) is 19.2. The van der Waals surface area contributed by atoms with Gasteiger partial charge in [-0.1, -0.05) is 19.4 Å². The van der Waals surface area contributed by atoms with Crippen LogP contribution in [0.1, 0.15) is 71.6 Å². The van der Waals surface area contributed by atoms with Crippen LogP contribution in [0.4, 0.5) is 0 Å². The molecule has 0 radical (unpaired) electrons. The first kappa shape index (κ1) is 17.9. The van der Waals surface area contributed by atoms with Gasteiger partial charge < -0.3 is 10.2 Å². The summed E-state index contributed by atoms with van der Waals surface area (Å²) in [5.74, 6) is 2.56. The number of carbonyl (C=O) groups excluding carboxylic acids is 1. The third-order valence-corrected chi connectivity index (χ3v) is 9.83. The first-order valence-electron chi connectivity index (χ1n) is 10.9. The maximum Gasteiger partial charge on any atom is 0.303 e. The first-order chi connectivity index (χ1) is 12.7. The Hall–Kier alpha value is -1.16. The number of hydrogen-bond donors (Lipinski definition) is 2. The lowest BCUT2D eigenvalue weighted by Crippen LogP contribution is -2.55. The molecule has 0 heterocycles. The van der Waals surface area contributed by atoms with Crippen molar-refractivity contribution in [2.24, 2.45) is 40.4 Å². The van der Waals surface area contributed by atoms with Crippen molar-refractivity contribution in [1.82, 2.24) is 0 Å². The van der Waals surface area contributed by atoms with E-state index in [0.717, 1.165) is 32.1 Å². The predicted octanol–water partition coefficient (Wildman–Crippen LogP) is 3.97. The number of rotatable bonds is 3. The van der Waals surface area contributed by atoms with Crippen molar-refractivity contribution in [3.05, 3.63) is 11.6 Å². The van der Waals surface area contributed by atoms with Crippen LogP contribution in [-0.4, -0.2) is 27.6 Å². The highest BCUT2D eigenvalue weighted by atomic mass is 16.4. The second kappa shape index (κ2) is 5.46. The number of carbonyl (C=O) groups is 2. The normalized spacial score (nSPS) is 52.9. The molecule has 0 bridgehead atoms. The van der Waals surface area contributed by atoms with Gasteiger partial charge in [0.25, 0.3) is 0 Å². The van der Waals surface area contributed by atoms with Crippen molar-refractivity contribution >= 4 is 11.8 Å². The van der Waals surface area contributed by atoms with Crippen molar-refractivity contribution in [3.63, 3.8) is 0 Å². The van der Waals surface area contributed by atoms with Gasteiger partial charge in [0.2, 0.25) is 0 Å². The van der Waals surface area contributed by atoms with Gasteiger partial charge in [0.15, 0.2) is 5.78 Å². The molecule has 4 nitrogen and oxygen atoms in total. The van der Waals surface area contributed by atoms with Gasteiger partial charge in [-0.05, 0) is 91.4 Å². The second-order valence-corrected chi connectivity index (χ2v) is 10.7. The van der Waals surface area contributed by atoms with E-state index in [2.05, 4.69) is 13.8 Å². The third kappa shape index (κ3) is 2.25. The van der Waals surface area contributed by atoms with E-state index in [9.17, 15) is 14.7 Å². The first-order valence-corrected chi connectivity index (χ1v) is 10.9. The lowest BCUT2D eigenvalue weighted by molar-refractivity contribution is -0.148. The molecule has 148 valence electrons. The molecular weight excluding hydrogens is 340 g/mol. The maximum absolute atomic E-state index is 12.1. The van der Waals surface area contributed by atoms with Crippen LogP contribution in [0.3, 0.4) is 0 Å². The Morgan fingerprint density at radius 3 is 2.67 bits per heavy atom. The zero-order valence-corrected chi connectivity index (χ0v) is 16.5. The fourth-order valence-corrected chi connectivity index (χ4v) is 8.24. The smallest absolute Gasteiger partial charge is 0.303 e. The van der Waals surface area contributed by atoms with Gasteiger partial charge in [0.05, 0.1) is 5.60 Å². The molecule has 0 spiro atoms. The van der Waals surface area contributed by atoms with Crippen LogP contribution >= 0.6 is 0 Å². The molecule has 8 atom stereocenters. The van der Waals surface area contributed by atoms with Crippen LogP contribution in [0, 0.1) is 40.4 Å². The van der Waals surface area contributed by atoms with E-state index >= 15 is 0 Å². The molecule has 0 aromatic heterocycles. The van der Waals surface area contributed by atoms with E-state index in [-0.39, 0.29) is 17.3 Å². The van der Waals surface area contributed by atoms with Gasteiger partial charge in [0, 0.05) is 12.8 Å². The molecule has 0 unspecified atom stereocenters. The lowest BCUT2D eigenvalue weighted by Gasteiger charge is -2.59. The number of aliphatic hydroxyl groups is 1. The summed E-state index contributed by atoms with van der Waals surface area (Å²) in [7, 11) is 0. The quantitative estimate of drug-likeness (QED) is 0.786. The summed E-state index contributed by atoms with van der Waals surface area (Å²) in [4.78, 5) is 23.2. The highest BCUT2D eigenvalue weighted by Gasteiger charge is 2.69. The molecule has 0 amide bonds. The Morgan fingerprint density at radius 1 is 1.19 bits per heavy atom. The summed E-state index contributed by atoms with van der Waals surface area (Å²) in [6.45, 7) is 4.66. The number of aliphatic carboxylic acids is 1. The molecule has 0 aliphatic heterocycles. The molecule has 27 heavy (non-hydrogen) atoms. The lowest BCUT2D eigenvalue weighted by atomic mass is 9.46. The molecule has 0 aromatic carbocycles. The van der Waals surface area contributed by atoms with E-state index in [1.165, 1.54) is 12.0 Å². The number of ketones is 1. The summed E-state index contributed by atoms with van der Waals surface area (Å²) < 4.78 is 0. The number of allylic oxidation sites excluding steroid dienone is 1. The number of carboxylic acids is 1. The summed E-state index contributed by atoms with van der Waals surface area (Å²) in [5, 5.41) is 20.6. The molecule has 5 aliphatic rings. The topological polar surface area (TPSA) is 74.6 Å². The van der Waals surface area contributed by atoms with Crippen LogP contribution in [-0.2, 0) is 9.59 Å². The van der Waals surface area contributed by atoms with Gasteiger partial charge in [-0.2, -0.15) is 0 Å². The summed E-state index contributed by atoms with van der Waals surface area (Å²) in [5.41, 5.74) is 0.635. The largest absolute Gasteiger partial charge is 0.481 e. The van der Waals surface area contributed by atoms with E-state index in [1.54, 1.807) is 0 Å². The Bertz CT molecular complexity index is 741. The predicted molar refractivity (Wildman–Crippen MR) is 101 cm³/mol. The van der Waals surface area contributed by atoms with E-state index in [4.69, 9.17) is 5.11 Å². The van der Waals surface area contributed by atoms with Crippen molar-refractivity contribution in [2.75, 3.05) is 0 Å². The molecular formula is C23H32O4. The van der Waals surface area contributed by atoms with Crippen molar-refractivity contribution in [3.8, 4) is 0 Å². The van der Waals surface area contributed by atoms with Crippen molar-refractivity contribution in [1.29, 1.82) is 0 Å². The van der Waals surface area contributed by atoms with Gasteiger partial charge in [-0.3, -0.25) is 9.59 Å². The molecule has 0 saturated heterocycles. The van der Waals surface area contributed by atoms with Crippen LogP contribution in [0.25, 0.3) is 0 Å². The zero-order valence-electron chi connectivity index (χ0n) is 16.5. The van der Waals surface area contributed by atoms with E-state index < -0.39 is 11.6 Å². The number of hydrogen-bond acceptors (Lipinski definition) is 3. The van der Waals surface area contributed by atoms with Gasteiger partial charge >= 0.3 is 5.97 Å². The molecule has 5 aliphatic carbocycles. The third-order valence-electron chi connectivity index (χ3n) is 9.83. The highest BCUT2D eigenvalue weighted by Crippen LogP contribution is 2.75. The van der Waals surface area contributed by atoms with Crippen molar-refractivity contribution < 1.29 is 19.8 Å². The van der Waals surface area contributed by atoms with Gasteiger partial charge in [-0.25, -0.2) is 0 Å². The number of fused-ring (bicyclic) bond motifs is 8. The van der Waals surface area contributed by atoms with E-state index in [0.29, 0.717) is 48.2 Å². The van der Waals surface area contributed by atoms with Crippen LogP contribution in [0.15, 0.2) is 11.6 Å². The molecule has 5 rings (SSSR count). The number of carboxylic acid groups (broad SMARTS) is 1. The second-order valence-electron chi connectivity index (χ2n) is 10.7. The van der Waals surface area contributed by atoms with Gasteiger partial charge in [0.1, 0.15) is 0 Å². The molecule has 4 saturated carbocycles. The van der Waals surface area contributed by atoms with Crippen LogP contribution in [0.5, 0.6) is 0 Å². The fraction of sp³-hybridized carbons (Fsp3) is 0.826. The SMILES string of the molecule is C[C@]12CCC(=O)C=C1[C@@H]1C[C@@H]1[C@@H]1[C@@H]2CC[C@@]2(C)[C@H]1CC[C@@]2(O)CCC(=O)O. The van der Waals surface area contributed by atoms with Crippen molar-refractivity contribution in [2.45, 2.75) is 77.2 Å². The minimum Gasteiger partial charge on any atom is -0.481 e. The molecule has 2 N–H and O–H groups in total. The minimum atomic E-state index is -0.828. The molecule has 0 aromatic rings. The Kier molecular flexibility index (Phi) is 3.62. The average Bonchev–Trinajstić information content (AvgIpc) is 3.35. The monoisotopic (exact) mass is 372 g/mol. The minimum absolute atomic E-state index is 0.0612. The fourth-order valence-electron chi connectivity index (χ4n) is 8.24. The Labute approximate surface area is 161 Å². The summed E-state index contributed by atoms with van der Waals surface area (Å²) in [6.07, 6.45) is 9.22. The highest BCUT2D eigenvalue weighted by molar-refractivity contribution is 5.92.